The van der Waals surface area contributed by atoms with Crippen LogP contribution in [-0.2, 0) is 0 Å². The van der Waals surface area contributed by atoms with Crippen LogP contribution in [0, 0.1) is 0 Å². The lowest BCUT2D eigenvalue weighted by Gasteiger charge is -2.27. The minimum absolute atomic E-state index is 0.765. The number of pyridine rings is 1. The van der Waals surface area contributed by atoms with Gasteiger partial charge in [-0.05, 0) is 37.5 Å². The molecular weight excluding hydrogens is 210 g/mol. The molecule has 1 saturated heterocycles. The zero-order valence-electron chi connectivity index (χ0n) is 9.89. The Morgan fingerprint density at radius 3 is 2.65 bits per heavy atom. The maximum atomic E-state index is 5.97. The van der Waals surface area contributed by atoms with Crippen LogP contribution in [0.4, 0.5) is 11.5 Å². The third kappa shape index (κ3) is 1.93. The van der Waals surface area contributed by atoms with Crippen LogP contribution in [0.2, 0.25) is 0 Å². The van der Waals surface area contributed by atoms with Crippen molar-refractivity contribution in [3.8, 4) is 0 Å². The second-order valence-corrected chi connectivity index (χ2v) is 4.64. The van der Waals surface area contributed by atoms with Crippen molar-refractivity contribution in [2.24, 2.45) is 0 Å². The molecule has 1 aliphatic rings. The number of hydrogen-bond acceptors (Lipinski definition) is 3. The number of nitrogens with zero attached hydrogens (tertiary/aromatic N) is 2. The van der Waals surface area contributed by atoms with Crippen LogP contribution in [0.25, 0.3) is 10.9 Å². The van der Waals surface area contributed by atoms with Gasteiger partial charge in [-0.15, -0.1) is 0 Å². The van der Waals surface area contributed by atoms with Crippen LogP contribution in [0.3, 0.4) is 0 Å². The molecule has 17 heavy (non-hydrogen) atoms. The summed E-state index contributed by atoms with van der Waals surface area (Å²) in [6.45, 7) is 2.23. The smallest absolute Gasteiger partial charge is 0.129 e. The van der Waals surface area contributed by atoms with Crippen LogP contribution in [-0.4, -0.2) is 18.1 Å². The van der Waals surface area contributed by atoms with E-state index in [4.69, 9.17) is 10.7 Å². The molecule has 0 saturated carbocycles. The fourth-order valence-corrected chi connectivity index (χ4v) is 2.46. The molecule has 3 rings (SSSR count). The predicted molar refractivity (Wildman–Crippen MR) is 72.2 cm³/mol. The summed E-state index contributed by atoms with van der Waals surface area (Å²) < 4.78 is 0. The molecule has 88 valence electrons. The number of benzene rings is 1. The standard InChI is InChI=1S/C14H17N3/c15-12-6-4-5-11-7-8-13(16-14(11)12)17-9-2-1-3-10-17/h4-8H,1-3,9-10,15H2. The summed E-state index contributed by atoms with van der Waals surface area (Å²) in [5.74, 6) is 1.06. The van der Waals surface area contributed by atoms with Crippen molar-refractivity contribution in [3.63, 3.8) is 0 Å². The first kappa shape index (κ1) is 10.4. The highest BCUT2D eigenvalue weighted by Gasteiger charge is 2.12. The Balaban J connectivity index is 2.03. The monoisotopic (exact) mass is 227 g/mol. The molecular formula is C14H17N3. The third-order valence-corrected chi connectivity index (χ3v) is 3.42. The fraction of sp³-hybridized carbons (Fsp3) is 0.357. The number of rotatable bonds is 1. The molecule has 0 aliphatic carbocycles. The average Bonchev–Trinajstić information content (AvgIpc) is 2.40. The SMILES string of the molecule is Nc1cccc2ccc(N3CCCCC3)nc12. The Hall–Kier alpha value is -1.77. The molecule has 1 aromatic heterocycles. The lowest BCUT2D eigenvalue weighted by Crippen LogP contribution is -2.30. The summed E-state index contributed by atoms with van der Waals surface area (Å²) >= 11 is 0. The second kappa shape index (κ2) is 4.24. The van der Waals surface area contributed by atoms with E-state index in [9.17, 15) is 0 Å². The van der Waals surface area contributed by atoms with Gasteiger partial charge in [-0.1, -0.05) is 12.1 Å². The summed E-state index contributed by atoms with van der Waals surface area (Å²) in [5.41, 5.74) is 7.67. The lowest BCUT2D eigenvalue weighted by molar-refractivity contribution is 0.574. The summed E-state index contributed by atoms with van der Waals surface area (Å²) in [7, 11) is 0. The highest BCUT2D eigenvalue weighted by atomic mass is 15.2. The van der Waals surface area contributed by atoms with Gasteiger partial charge < -0.3 is 10.6 Å². The molecule has 0 atom stereocenters. The molecule has 0 spiro atoms. The zero-order chi connectivity index (χ0) is 11.7. The highest BCUT2D eigenvalue weighted by molar-refractivity contribution is 5.90. The number of nitrogens with two attached hydrogens (primary N) is 1. The summed E-state index contributed by atoms with van der Waals surface area (Å²) in [4.78, 5) is 7.06. The van der Waals surface area contributed by atoms with E-state index >= 15 is 0 Å². The number of aromatic nitrogens is 1. The van der Waals surface area contributed by atoms with Crippen LogP contribution in [0.15, 0.2) is 30.3 Å². The number of fused-ring (bicyclic) bond motifs is 1. The van der Waals surface area contributed by atoms with E-state index in [1.165, 1.54) is 19.3 Å². The maximum absolute atomic E-state index is 5.97. The van der Waals surface area contributed by atoms with Gasteiger partial charge >= 0.3 is 0 Å². The number of piperidine rings is 1. The molecule has 2 aromatic rings. The van der Waals surface area contributed by atoms with Crippen molar-refractivity contribution in [1.29, 1.82) is 0 Å². The number of para-hydroxylation sites is 1. The van der Waals surface area contributed by atoms with Gasteiger partial charge in [0.05, 0.1) is 11.2 Å². The van der Waals surface area contributed by atoms with Gasteiger partial charge in [0.25, 0.3) is 0 Å². The van der Waals surface area contributed by atoms with E-state index in [1.54, 1.807) is 0 Å². The molecule has 1 aromatic carbocycles. The molecule has 1 fully saturated rings. The first-order chi connectivity index (χ1) is 8.34. The van der Waals surface area contributed by atoms with Gasteiger partial charge in [0, 0.05) is 18.5 Å². The van der Waals surface area contributed by atoms with Crippen LogP contribution < -0.4 is 10.6 Å². The molecule has 1 aliphatic heterocycles. The Labute approximate surface area is 101 Å². The van der Waals surface area contributed by atoms with Crippen LogP contribution in [0.1, 0.15) is 19.3 Å². The van der Waals surface area contributed by atoms with Crippen molar-refractivity contribution in [2.75, 3.05) is 23.7 Å². The van der Waals surface area contributed by atoms with Crippen molar-refractivity contribution in [1.82, 2.24) is 4.98 Å². The number of hydrogen-bond donors (Lipinski definition) is 1. The van der Waals surface area contributed by atoms with Crippen LogP contribution >= 0.6 is 0 Å². The largest absolute Gasteiger partial charge is 0.397 e. The van der Waals surface area contributed by atoms with Crippen molar-refractivity contribution < 1.29 is 0 Å². The first-order valence-electron chi connectivity index (χ1n) is 6.25. The molecule has 0 unspecified atom stereocenters. The minimum atomic E-state index is 0.765. The molecule has 3 heteroatoms. The van der Waals surface area contributed by atoms with Gasteiger partial charge in [-0.2, -0.15) is 0 Å². The first-order valence-corrected chi connectivity index (χ1v) is 6.25. The molecule has 2 N–H and O–H groups in total. The van der Waals surface area contributed by atoms with E-state index in [0.717, 1.165) is 35.5 Å². The normalized spacial score (nSPS) is 16.4. The summed E-state index contributed by atoms with van der Waals surface area (Å²) in [6.07, 6.45) is 3.88. The maximum Gasteiger partial charge on any atom is 0.129 e. The van der Waals surface area contributed by atoms with Crippen molar-refractivity contribution in [3.05, 3.63) is 30.3 Å². The average molecular weight is 227 g/mol. The lowest BCUT2D eigenvalue weighted by atomic mass is 10.1. The van der Waals surface area contributed by atoms with Gasteiger partial charge in [0.15, 0.2) is 0 Å². The highest BCUT2D eigenvalue weighted by Crippen LogP contribution is 2.24. The summed E-state index contributed by atoms with van der Waals surface area (Å²) in [5, 5.41) is 1.12. The molecule has 3 nitrogen and oxygen atoms in total. The summed E-state index contributed by atoms with van der Waals surface area (Å²) in [6, 6.07) is 10.2. The van der Waals surface area contributed by atoms with Crippen LogP contribution in [0.5, 0.6) is 0 Å². The zero-order valence-corrected chi connectivity index (χ0v) is 9.89. The van der Waals surface area contributed by atoms with Crippen molar-refractivity contribution in [2.45, 2.75) is 19.3 Å². The number of nitrogen functional groups attached to an aromatic ring is 1. The minimum Gasteiger partial charge on any atom is -0.397 e. The fourth-order valence-electron chi connectivity index (χ4n) is 2.46. The Morgan fingerprint density at radius 2 is 1.82 bits per heavy atom. The third-order valence-electron chi connectivity index (χ3n) is 3.42. The second-order valence-electron chi connectivity index (χ2n) is 4.64. The molecule has 0 amide bonds. The molecule has 2 heterocycles. The molecule has 0 bridgehead atoms. The van der Waals surface area contributed by atoms with Gasteiger partial charge in [0.2, 0.25) is 0 Å². The van der Waals surface area contributed by atoms with Crippen molar-refractivity contribution >= 4 is 22.4 Å². The van der Waals surface area contributed by atoms with E-state index < -0.39 is 0 Å². The quantitative estimate of drug-likeness (QED) is 0.762. The Kier molecular flexibility index (Phi) is 2.59. The van der Waals surface area contributed by atoms with Gasteiger partial charge in [-0.25, -0.2) is 4.98 Å². The Morgan fingerprint density at radius 1 is 1.00 bits per heavy atom. The topological polar surface area (TPSA) is 42.1 Å². The predicted octanol–water partition coefficient (Wildman–Crippen LogP) is 2.81. The van der Waals surface area contributed by atoms with E-state index in [0.29, 0.717) is 0 Å². The van der Waals surface area contributed by atoms with E-state index in [1.807, 2.05) is 12.1 Å². The molecule has 0 radical (unpaired) electrons. The van der Waals surface area contributed by atoms with Gasteiger partial charge in [0.1, 0.15) is 5.82 Å². The van der Waals surface area contributed by atoms with E-state index in [2.05, 4.69) is 23.1 Å². The Bertz CT molecular complexity index is 530. The van der Waals surface area contributed by atoms with Gasteiger partial charge in [-0.3, -0.25) is 0 Å². The number of anilines is 2. The van der Waals surface area contributed by atoms with E-state index in [-0.39, 0.29) is 0 Å².